The highest BCUT2D eigenvalue weighted by molar-refractivity contribution is 9.10. The molecule has 1 aromatic heterocycles. The van der Waals surface area contributed by atoms with Gasteiger partial charge < -0.3 is 10.0 Å². The molecule has 1 saturated heterocycles. The summed E-state index contributed by atoms with van der Waals surface area (Å²) in [6, 6.07) is 1.82. The molecule has 2 heterocycles. The number of aliphatic hydroxyl groups excluding tert-OH is 1. The van der Waals surface area contributed by atoms with Gasteiger partial charge in [0, 0.05) is 29.2 Å². The summed E-state index contributed by atoms with van der Waals surface area (Å²) in [6.45, 7) is 5.44. The van der Waals surface area contributed by atoms with E-state index in [0.717, 1.165) is 16.8 Å². The van der Waals surface area contributed by atoms with Crippen molar-refractivity contribution in [2.75, 3.05) is 18.0 Å². The molecule has 5 heteroatoms. The monoisotopic (exact) mass is 304 g/mol. The SMILES string of the molecule is CC1(C)CN(c2ncc(Br)cc2Cl)C[C@H]1O. The van der Waals surface area contributed by atoms with Gasteiger partial charge in [-0.05, 0) is 22.0 Å². The highest BCUT2D eigenvalue weighted by atomic mass is 79.9. The average Bonchev–Trinajstić information content (AvgIpc) is 2.40. The minimum Gasteiger partial charge on any atom is -0.391 e. The predicted octanol–water partition coefficient (Wildman–Crippen LogP) is 2.70. The number of hydrogen-bond donors (Lipinski definition) is 1. The van der Waals surface area contributed by atoms with Gasteiger partial charge in [-0.25, -0.2) is 4.98 Å². The molecular formula is C11H14BrClN2O. The first-order chi connectivity index (χ1) is 7.40. The van der Waals surface area contributed by atoms with Crippen LogP contribution < -0.4 is 4.90 Å². The Bertz CT molecular complexity index is 411. The molecule has 0 spiro atoms. The minimum absolute atomic E-state index is 0.113. The lowest BCUT2D eigenvalue weighted by Crippen LogP contribution is -2.26. The van der Waals surface area contributed by atoms with E-state index in [4.69, 9.17) is 11.6 Å². The van der Waals surface area contributed by atoms with Gasteiger partial charge in [0.1, 0.15) is 5.82 Å². The molecule has 0 aliphatic carbocycles. The molecule has 0 saturated carbocycles. The zero-order valence-electron chi connectivity index (χ0n) is 9.24. The van der Waals surface area contributed by atoms with Crippen molar-refractivity contribution >= 4 is 33.3 Å². The number of aromatic nitrogens is 1. The Morgan fingerprint density at radius 1 is 1.62 bits per heavy atom. The number of pyridine rings is 1. The van der Waals surface area contributed by atoms with Crippen molar-refractivity contribution in [2.24, 2.45) is 5.41 Å². The molecule has 16 heavy (non-hydrogen) atoms. The van der Waals surface area contributed by atoms with Crippen LogP contribution in [0.4, 0.5) is 5.82 Å². The van der Waals surface area contributed by atoms with Crippen LogP contribution in [0.5, 0.6) is 0 Å². The molecule has 0 aromatic carbocycles. The molecule has 0 unspecified atom stereocenters. The van der Waals surface area contributed by atoms with E-state index in [-0.39, 0.29) is 11.5 Å². The zero-order valence-corrected chi connectivity index (χ0v) is 11.6. The molecule has 1 aromatic rings. The van der Waals surface area contributed by atoms with E-state index in [0.29, 0.717) is 11.6 Å². The summed E-state index contributed by atoms with van der Waals surface area (Å²) in [6.07, 6.45) is 1.38. The van der Waals surface area contributed by atoms with Crippen LogP contribution >= 0.6 is 27.5 Å². The third kappa shape index (κ3) is 2.19. The molecule has 0 amide bonds. The van der Waals surface area contributed by atoms with Crippen LogP contribution in [0, 0.1) is 5.41 Å². The number of rotatable bonds is 1. The lowest BCUT2D eigenvalue weighted by Gasteiger charge is -2.21. The van der Waals surface area contributed by atoms with Crippen LogP contribution in [0.25, 0.3) is 0 Å². The topological polar surface area (TPSA) is 36.4 Å². The van der Waals surface area contributed by atoms with Gasteiger partial charge in [-0.2, -0.15) is 0 Å². The summed E-state index contributed by atoms with van der Waals surface area (Å²) in [5.74, 6) is 0.745. The molecule has 0 bridgehead atoms. The van der Waals surface area contributed by atoms with Crippen molar-refractivity contribution in [3.63, 3.8) is 0 Å². The summed E-state index contributed by atoms with van der Waals surface area (Å²) in [5, 5.41) is 10.5. The number of nitrogens with zero attached hydrogens (tertiary/aromatic N) is 2. The molecule has 2 rings (SSSR count). The first kappa shape index (κ1) is 12.1. The lowest BCUT2D eigenvalue weighted by molar-refractivity contribution is 0.0964. The van der Waals surface area contributed by atoms with Gasteiger partial charge in [-0.15, -0.1) is 0 Å². The van der Waals surface area contributed by atoms with E-state index < -0.39 is 0 Å². The fourth-order valence-corrected chi connectivity index (χ4v) is 2.67. The molecule has 1 fully saturated rings. The largest absolute Gasteiger partial charge is 0.391 e. The maximum absolute atomic E-state index is 9.91. The van der Waals surface area contributed by atoms with Crippen LogP contribution in [0.15, 0.2) is 16.7 Å². The Morgan fingerprint density at radius 3 is 2.81 bits per heavy atom. The number of β-amino-alcohol motifs (C(OH)–C–C–N with tert-alkyl or cyclic N) is 1. The summed E-state index contributed by atoms with van der Waals surface area (Å²) in [7, 11) is 0. The third-order valence-electron chi connectivity index (χ3n) is 2.98. The molecule has 0 radical (unpaired) electrons. The van der Waals surface area contributed by atoms with E-state index in [1.54, 1.807) is 6.20 Å². The summed E-state index contributed by atoms with van der Waals surface area (Å²) < 4.78 is 0.861. The van der Waals surface area contributed by atoms with Gasteiger partial charge in [0.05, 0.1) is 11.1 Å². The number of aliphatic hydroxyl groups is 1. The maximum atomic E-state index is 9.91. The van der Waals surface area contributed by atoms with Gasteiger partial charge in [0.2, 0.25) is 0 Å². The lowest BCUT2D eigenvalue weighted by atomic mass is 9.90. The van der Waals surface area contributed by atoms with Crippen LogP contribution in [-0.4, -0.2) is 29.3 Å². The van der Waals surface area contributed by atoms with Crippen molar-refractivity contribution in [3.8, 4) is 0 Å². The van der Waals surface area contributed by atoms with Gasteiger partial charge in [0.25, 0.3) is 0 Å². The Kier molecular flexibility index (Phi) is 3.16. The van der Waals surface area contributed by atoms with Gasteiger partial charge in [-0.3, -0.25) is 0 Å². The zero-order chi connectivity index (χ0) is 11.9. The Hall–Kier alpha value is -0.320. The highest BCUT2D eigenvalue weighted by Crippen LogP contribution is 2.35. The van der Waals surface area contributed by atoms with Crippen molar-refractivity contribution < 1.29 is 5.11 Å². The summed E-state index contributed by atoms with van der Waals surface area (Å²) in [5.41, 5.74) is -0.113. The second-order valence-corrected chi connectivity index (χ2v) is 6.17. The predicted molar refractivity (Wildman–Crippen MR) is 68.9 cm³/mol. The summed E-state index contributed by atoms with van der Waals surface area (Å²) in [4.78, 5) is 6.32. The van der Waals surface area contributed by atoms with Crippen LogP contribution in [-0.2, 0) is 0 Å². The van der Waals surface area contributed by atoms with Gasteiger partial charge in [0.15, 0.2) is 0 Å². The molecule has 88 valence electrons. The van der Waals surface area contributed by atoms with Crippen LogP contribution in [0.2, 0.25) is 5.02 Å². The number of anilines is 1. The fraction of sp³-hybridized carbons (Fsp3) is 0.545. The quantitative estimate of drug-likeness (QED) is 0.866. The minimum atomic E-state index is -0.339. The van der Waals surface area contributed by atoms with Crippen LogP contribution in [0.3, 0.4) is 0 Å². The van der Waals surface area contributed by atoms with E-state index in [2.05, 4.69) is 20.9 Å². The highest BCUT2D eigenvalue weighted by Gasteiger charge is 2.39. The molecule has 1 atom stereocenters. The van der Waals surface area contributed by atoms with Crippen molar-refractivity contribution in [1.82, 2.24) is 4.98 Å². The van der Waals surface area contributed by atoms with Crippen molar-refractivity contribution in [3.05, 3.63) is 21.8 Å². The molecule has 1 aliphatic rings. The standard InChI is InChI=1S/C11H14BrClN2O/c1-11(2)6-15(5-9(11)16)10-8(13)3-7(12)4-14-10/h3-4,9,16H,5-6H2,1-2H3/t9-/m1/s1. The van der Waals surface area contributed by atoms with Gasteiger partial charge >= 0.3 is 0 Å². The average molecular weight is 306 g/mol. The Morgan fingerprint density at radius 2 is 2.31 bits per heavy atom. The molecule has 1 aliphatic heterocycles. The van der Waals surface area contributed by atoms with Crippen molar-refractivity contribution in [1.29, 1.82) is 0 Å². The van der Waals surface area contributed by atoms with Gasteiger partial charge in [-0.1, -0.05) is 25.4 Å². The van der Waals surface area contributed by atoms with Crippen molar-refractivity contribution in [2.45, 2.75) is 20.0 Å². The Labute approximate surface area is 109 Å². The number of halogens is 2. The summed E-state index contributed by atoms with van der Waals surface area (Å²) >= 11 is 9.46. The third-order valence-corrected chi connectivity index (χ3v) is 3.69. The van der Waals surface area contributed by atoms with E-state index in [9.17, 15) is 5.11 Å². The first-order valence-corrected chi connectivity index (χ1v) is 6.31. The van der Waals surface area contributed by atoms with E-state index >= 15 is 0 Å². The second-order valence-electron chi connectivity index (χ2n) is 4.84. The molecule has 1 N–H and O–H groups in total. The maximum Gasteiger partial charge on any atom is 0.147 e. The molecule has 3 nitrogen and oxygen atoms in total. The Balaban J connectivity index is 2.27. The van der Waals surface area contributed by atoms with E-state index in [1.807, 2.05) is 24.8 Å². The van der Waals surface area contributed by atoms with E-state index in [1.165, 1.54) is 0 Å². The fourth-order valence-electron chi connectivity index (χ4n) is 1.92. The molecular weight excluding hydrogens is 291 g/mol. The smallest absolute Gasteiger partial charge is 0.147 e. The van der Waals surface area contributed by atoms with Crippen LogP contribution in [0.1, 0.15) is 13.8 Å². The normalized spacial score (nSPS) is 23.8. The number of hydrogen-bond acceptors (Lipinski definition) is 3. The first-order valence-electron chi connectivity index (χ1n) is 5.14. The second kappa shape index (κ2) is 4.17.